The van der Waals surface area contributed by atoms with Crippen LogP contribution in [0.5, 0.6) is 5.88 Å². The number of nitrogens with zero attached hydrogens (tertiary/aromatic N) is 2. The van der Waals surface area contributed by atoms with Gasteiger partial charge in [-0.1, -0.05) is 0 Å². The molecule has 0 fully saturated rings. The molecule has 1 aromatic heterocycles. The Balaban J connectivity index is 2.93. The molecule has 0 aromatic carbocycles. The van der Waals surface area contributed by atoms with Crippen LogP contribution in [0.4, 0.5) is 11.5 Å². The van der Waals surface area contributed by atoms with E-state index in [2.05, 4.69) is 4.98 Å². The van der Waals surface area contributed by atoms with Gasteiger partial charge in [-0.05, 0) is 39.8 Å². The van der Waals surface area contributed by atoms with Crippen LogP contribution < -0.4 is 15.4 Å². The summed E-state index contributed by atoms with van der Waals surface area (Å²) in [6.07, 6.45) is -0.415. The van der Waals surface area contributed by atoms with E-state index in [1.807, 2.05) is 38.8 Å². The van der Waals surface area contributed by atoms with Crippen LogP contribution in [0.2, 0.25) is 0 Å². The van der Waals surface area contributed by atoms with Gasteiger partial charge in [-0.3, -0.25) is 0 Å². The Morgan fingerprint density at radius 2 is 2.06 bits per heavy atom. The van der Waals surface area contributed by atoms with E-state index in [4.69, 9.17) is 10.5 Å². The number of aliphatic hydroxyl groups is 1. The van der Waals surface area contributed by atoms with Gasteiger partial charge in [0.15, 0.2) is 0 Å². The van der Waals surface area contributed by atoms with Gasteiger partial charge >= 0.3 is 0 Å². The molecule has 0 aliphatic heterocycles. The summed E-state index contributed by atoms with van der Waals surface area (Å²) < 4.78 is 5.70. The lowest BCUT2D eigenvalue weighted by Gasteiger charge is -2.24. The molecule has 0 spiro atoms. The number of nitrogen functional groups attached to an aromatic ring is 1. The molecule has 5 nitrogen and oxygen atoms in total. The minimum atomic E-state index is -0.415. The van der Waals surface area contributed by atoms with E-state index in [-0.39, 0.29) is 5.60 Å². The maximum atomic E-state index is 9.37. The van der Waals surface area contributed by atoms with E-state index in [0.717, 1.165) is 5.82 Å². The number of likely N-dealkylation sites (N-methyl/N-ethyl adjacent to an activating group) is 1. The highest BCUT2D eigenvalue weighted by Gasteiger charge is 2.16. The molecule has 1 atom stereocenters. The minimum absolute atomic E-state index is 0.345. The summed E-state index contributed by atoms with van der Waals surface area (Å²) >= 11 is 0. The molecule has 5 heteroatoms. The Kier molecular flexibility index (Phi) is 4.40. The Bertz CT molecular complexity index is 400. The van der Waals surface area contributed by atoms with Gasteiger partial charge in [0.1, 0.15) is 11.4 Å². The second kappa shape index (κ2) is 5.44. The van der Waals surface area contributed by atoms with Crippen molar-refractivity contribution in [1.29, 1.82) is 0 Å². The van der Waals surface area contributed by atoms with Gasteiger partial charge in [0, 0.05) is 13.6 Å². The van der Waals surface area contributed by atoms with Crippen LogP contribution in [-0.2, 0) is 0 Å². The number of pyridine rings is 1. The zero-order valence-corrected chi connectivity index (χ0v) is 11.8. The standard InChI is InChI=1S/C13H23N3O2/c1-9(17)8-16(5)11-7-6-10(14)12(15-11)18-13(2,3)4/h6-7,9,17H,8,14H2,1-5H3. The molecule has 0 amide bonds. The molecule has 0 saturated heterocycles. The molecule has 0 aliphatic carbocycles. The summed E-state index contributed by atoms with van der Waals surface area (Å²) in [6.45, 7) is 8.08. The number of rotatable bonds is 4. The van der Waals surface area contributed by atoms with Crippen molar-refractivity contribution in [2.24, 2.45) is 0 Å². The number of aliphatic hydroxyl groups excluding tert-OH is 1. The van der Waals surface area contributed by atoms with E-state index in [9.17, 15) is 5.11 Å². The molecule has 0 aliphatic rings. The molecule has 0 bridgehead atoms. The highest BCUT2D eigenvalue weighted by atomic mass is 16.5. The first-order valence-corrected chi connectivity index (χ1v) is 6.04. The first-order chi connectivity index (χ1) is 8.19. The SMILES string of the molecule is CC(O)CN(C)c1ccc(N)c(OC(C)(C)C)n1. The van der Waals surface area contributed by atoms with Crippen LogP contribution in [0.25, 0.3) is 0 Å². The predicted octanol–water partition coefficient (Wildman–Crippen LogP) is 1.66. The number of hydrogen-bond donors (Lipinski definition) is 2. The highest BCUT2D eigenvalue weighted by molar-refractivity contribution is 5.54. The van der Waals surface area contributed by atoms with Crippen molar-refractivity contribution in [3.63, 3.8) is 0 Å². The summed E-state index contributed by atoms with van der Waals surface area (Å²) in [5, 5.41) is 9.37. The molecule has 1 heterocycles. The fourth-order valence-electron chi connectivity index (χ4n) is 1.52. The molecule has 1 unspecified atom stereocenters. The fourth-order valence-corrected chi connectivity index (χ4v) is 1.52. The van der Waals surface area contributed by atoms with Crippen LogP contribution >= 0.6 is 0 Å². The highest BCUT2D eigenvalue weighted by Crippen LogP contribution is 2.26. The monoisotopic (exact) mass is 253 g/mol. The summed E-state index contributed by atoms with van der Waals surface area (Å²) in [5.74, 6) is 1.15. The second-order valence-corrected chi connectivity index (χ2v) is 5.51. The zero-order valence-electron chi connectivity index (χ0n) is 11.8. The third kappa shape index (κ3) is 4.41. The lowest BCUT2D eigenvalue weighted by atomic mass is 10.2. The molecular formula is C13H23N3O2. The van der Waals surface area contributed by atoms with Crippen molar-refractivity contribution in [2.75, 3.05) is 24.2 Å². The number of hydrogen-bond acceptors (Lipinski definition) is 5. The molecule has 3 N–H and O–H groups in total. The number of nitrogens with two attached hydrogens (primary N) is 1. The Labute approximate surface area is 109 Å². The van der Waals surface area contributed by atoms with Gasteiger partial charge < -0.3 is 20.5 Å². The second-order valence-electron chi connectivity index (χ2n) is 5.51. The average Bonchev–Trinajstić information content (AvgIpc) is 2.18. The molecule has 1 aromatic rings. The maximum Gasteiger partial charge on any atom is 0.239 e. The van der Waals surface area contributed by atoms with Gasteiger partial charge in [0.2, 0.25) is 5.88 Å². The van der Waals surface area contributed by atoms with Crippen molar-refractivity contribution in [3.05, 3.63) is 12.1 Å². The third-order valence-corrected chi connectivity index (χ3v) is 2.21. The molecule has 0 radical (unpaired) electrons. The first kappa shape index (κ1) is 14.6. The fraction of sp³-hybridized carbons (Fsp3) is 0.615. The molecule has 102 valence electrons. The number of anilines is 2. The predicted molar refractivity (Wildman–Crippen MR) is 74.0 cm³/mol. The van der Waals surface area contributed by atoms with Gasteiger partial charge in [0.25, 0.3) is 0 Å². The Morgan fingerprint density at radius 3 is 2.56 bits per heavy atom. The lowest BCUT2D eigenvalue weighted by molar-refractivity contribution is 0.125. The quantitative estimate of drug-likeness (QED) is 0.854. The lowest BCUT2D eigenvalue weighted by Crippen LogP contribution is -2.28. The molecule has 1 rings (SSSR count). The van der Waals surface area contributed by atoms with Gasteiger partial charge in [-0.25, -0.2) is 0 Å². The van der Waals surface area contributed by atoms with Crippen LogP contribution in [0.3, 0.4) is 0 Å². The van der Waals surface area contributed by atoms with Crippen molar-refractivity contribution in [1.82, 2.24) is 4.98 Å². The third-order valence-electron chi connectivity index (χ3n) is 2.21. The Morgan fingerprint density at radius 1 is 1.44 bits per heavy atom. The van der Waals surface area contributed by atoms with Crippen molar-refractivity contribution < 1.29 is 9.84 Å². The number of ether oxygens (including phenoxy) is 1. The van der Waals surface area contributed by atoms with Gasteiger partial charge in [-0.2, -0.15) is 4.98 Å². The van der Waals surface area contributed by atoms with E-state index in [1.165, 1.54) is 0 Å². The van der Waals surface area contributed by atoms with Gasteiger partial charge in [-0.15, -0.1) is 0 Å². The largest absolute Gasteiger partial charge is 0.470 e. The minimum Gasteiger partial charge on any atom is -0.470 e. The average molecular weight is 253 g/mol. The van der Waals surface area contributed by atoms with E-state index < -0.39 is 6.10 Å². The van der Waals surface area contributed by atoms with Crippen LogP contribution in [-0.4, -0.2) is 35.4 Å². The maximum absolute atomic E-state index is 9.37. The van der Waals surface area contributed by atoms with Gasteiger partial charge in [0.05, 0.1) is 11.8 Å². The molecule has 18 heavy (non-hydrogen) atoms. The normalized spacial score (nSPS) is 13.2. The van der Waals surface area contributed by atoms with E-state index in [0.29, 0.717) is 18.1 Å². The first-order valence-electron chi connectivity index (χ1n) is 6.04. The zero-order chi connectivity index (χ0) is 13.9. The van der Waals surface area contributed by atoms with Crippen molar-refractivity contribution in [3.8, 4) is 5.88 Å². The topological polar surface area (TPSA) is 71.6 Å². The smallest absolute Gasteiger partial charge is 0.239 e. The number of aromatic nitrogens is 1. The van der Waals surface area contributed by atoms with Crippen LogP contribution in [0, 0.1) is 0 Å². The summed E-state index contributed by atoms with van der Waals surface area (Å²) in [6, 6.07) is 3.58. The summed E-state index contributed by atoms with van der Waals surface area (Å²) in [7, 11) is 1.87. The van der Waals surface area contributed by atoms with Crippen LogP contribution in [0.1, 0.15) is 27.7 Å². The van der Waals surface area contributed by atoms with E-state index >= 15 is 0 Å². The molecule has 0 saturated carbocycles. The van der Waals surface area contributed by atoms with Crippen LogP contribution in [0.15, 0.2) is 12.1 Å². The van der Waals surface area contributed by atoms with E-state index in [1.54, 1.807) is 13.0 Å². The van der Waals surface area contributed by atoms with Crippen molar-refractivity contribution in [2.45, 2.75) is 39.4 Å². The summed E-state index contributed by atoms with van der Waals surface area (Å²) in [4.78, 5) is 6.24. The summed E-state index contributed by atoms with van der Waals surface area (Å²) in [5.41, 5.74) is 6.01. The Hall–Kier alpha value is -1.49. The van der Waals surface area contributed by atoms with Crippen molar-refractivity contribution >= 4 is 11.5 Å². The molecular weight excluding hydrogens is 230 g/mol.